The standard InChI is InChI=1S/C17H25N3O2S/c1-12(15-19-13-8-6-7-9-14(13)23-15)18-10-11-20(5)16(21)22-17(2,3)4/h6-9,12,18H,10-11H2,1-5H3. The Morgan fingerprint density at radius 1 is 1.39 bits per heavy atom. The largest absolute Gasteiger partial charge is 0.444 e. The summed E-state index contributed by atoms with van der Waals surface area (Å²) in [6.45, 7) is 8.97. The van der Waals surface area contributed by atoms with Crippen molar-refractivity contribution >= 4 is 27.6 Å². The second-order valence-electron chi connectivity index (χ2n) is 6.60. The molecular formula is C17H25N3O2S. The number of benzene rings is 1. The number of nitrogens with one attached hydrogen (secondary N) is 1. The van der Waals surface area contributed by atoms with Gasteiger partial charge >= 0.3 is 6.09 Å². The van der Waals surface area contributed by atoms with Crippen LogP contribution >= 0.6 is 11.3 Å². The maximum Gasteiger partial charge on any atom is 0.410 e. The van der Waals surface area contributed by atoms with Gasteiger partial charge in [0.15, 0.2) is 0 Å². The molecule has 1 unspecified atom stereocenters. The third kappa shape index (κ3) is 5.18. The van der Waals surface area contributed by atoms with Gasteiger partial charge in [-0.3, -0.25) is 0 Å². The van der Waals surface area contributed by atoms with Gasteiger partial charge in [0, 0.05) is 20.1 Å². The molecule has 2 aromatic rings. The average Bonchev–Trinajstić information content (AvgIpc) is 2.89. The number of para-hydroxylation sites is 1. The van der Waals surface area contributed by atoms with Crippen LogP contribution in [0, 0.1) is 0 Å². The van der Waals surface area contributed by atoms with Crippen molar-refractivity contribution in [2.45, 2.75) is 39.3 Å². The molecule has 0 fully saturated rings. The molecule has 1 aromatic carbocycles. The number of amides is 1. The molecule has 0 saturated carbocycles. The molecule has 0 bridgehead atoms. The van der Waals surface area contributed by atoms with E-state index in [2.05, 4.69) is 23.3 Å². The second kappa shape index (κ2) is 7.27. The maximum atomic E-state index is 11.9. The maximum absolute atomic E-state index is 11.9. The molecule has 23 heavy (non-hydrogen) atoms. The normalized spacial score (nSPS) is 13.1. The summed E-state index contributed by atoms with van der Waals surface area (Å²) in [6, 6.07) is 8.29. The number of hydrogen-bond acceptors (Lipinski definition) is 5. The fraction of sp³-hybridized carbons (Fsp3) is 0.529. The summed E-state index contributed by atoms with van der Waals surface area (Å²) in [5, 5.41) is 4.47. The summed E-state index contributed by atoms with van der Waals surface area (Å²) in [4.78, 5) is 18.1. The molecule has 0 spiro atoms. The summed E-state index contributed by atoms with van der Waals surface area (Å²) in [7, 11) is 1.75. The zero-order valence-corrected chi connectivity index (χ0v) is 15.2. The lowest BCUT2D eigenvalue weighted by Crippen LogP contribution is -2.38. The van der Waals surface area contributed by atoms with Crippen molar-refractivity contribution in [2.75, 3.05) is 20.1 Å². The van der Waals surface area contributed by atoms with Gasteiger partial charge in [0.1, 0.15) is 10.6 Å². The number of aromatic nitrogens is 1. The van der Waals surface area contributed by atoms with Crippen molar-refractivity contribution in [3.63, 3.8) is 0 Å². The summed E-state index contributed by atoms with van der Waals surface area (Å²) >= 11 is 1.70. The first-order chi connectivity index (χ1) is 10.8. The van der Waals surface area contributed by atoms with E-state index < -0.39 is 5.60 Å². The highest BCUT2D eigenvalue weighted by molar-refractivity contribution is 7.18. The van der Waals surface area contributed by atoms with Crippen LogP contribution in [0.1, 0.15) is 38.7 Å². The van der Waals surface area contributed by atoms with Crippen LogP contribution in [0.3, 0.4) is 0 Å². The Balaban J connectivity index is 1.82. The molecule has 1 heterocycles. The molecule has 0 radical (unpaired) electrons. The average molecular weight is 335 g/mol. The zero-order valence-electron chi connectivity index (χ0n) is 14.4. The van der Waals surface area contributed by atoms with E-state index in [4.69, 9.17) is 4.74 Å². The molecule has 1 aromatic heterocycles. The number of nitrogens with zero attached hydrogens (tertiary/aromatic N) is 2. The molecular weight excluding hydrogens is 310 g/mol. The molecule has 0 saturated heterocycles. The minimum Gasteiger partial charge on any atom is -0.444 e. The Labute approximate surface area is 141 Å². The van der Waals surface area contributed by atoms with Crippen LogP contribution in [0.4, 0.5) is 4.79 Å². The van der Waals surface area contributed by atoms with Crippen LogP contribution in [0.5, 0.6) is 0 Å². The molecule has 1 atom stereocenters. The van der Waals surface area contributed by atoms with Crippen molar-refractivity contribution in [2.24, 2.45) is 0 Å². The van der Waals surface area contributed by atoms with Crippen LogP contribution in [0.15, 0.2) is 24.3 Å². The van der Waals surface area contributed by atoms with Crippen LogP contribution in [0.25, 0.3) is 10.2 Å². The van der Waals surface area contributed by atoms with E-state index in [-0.39, 0.29) is 12.1 Å². The first-order valence-electron chi connectivity index (χ1n) is 7.79. The van der Waals surface area contributed by atoms with E-state index in [0.717, 1.165) is 10.5 Å². The van der Waals surface area contributed by atoms with E-state index in [9.17, 15) is 4.79 Å². The highest BCUT2D eigenvalue weighted by atomic mass is 32.1. The van der Waals surface area contributed by atoms with Crippen LogP contribution in [-0.2, 0) is 4.74 Å². The molecule has 6 heteroatoms. The van der Waals surface area contributed by atoms with E-state index in [1.807, 2.05) is 39.0 Å². The van der Waals surface area contributed by atoms with E-state index in [1.165, 1.54) is 4.70 Å². The Hall–Kier alpha value is -1.66. The predicted octanol–water partition coefficient (Wildman–Crippen LogP) is 3.81. The Kier molecular flexibility index (Phi) is 5.59. The van der Waals surface area contributed by atoms with Gasteiger partial charge in [-0.1, -0.05) is 12.1 Å². The van der Waals surface area contributed by atoms with Crippen molar-refractivity contribution in [3.05, 3.63) is 29.3 Å². The van der Waals surface area contributed by atoms with Crippen molar-refractivity contribution in [3.8, 4) is 0 Å². The topological polar surface area (TPSA) is 54.5 Å². The van der Waals surface area contributed by atoms with E-state index in [0.29, 0.717) is 13.1 Å². The second-order valence-corrected chi connectivity index (χ2v) is 7.66. The fourth-order valence-corrected chi connectivity index (χ4v) is 3.04. The Morgan fingerprint density at radius 2 is 2.09 bits per heavy atom. The lowest BCUT2D eigenvalue weighted by Gasteiger charge is -2.25. The van der Waals surface area contributed by atoms with Gasteiger partial charge in [0.2, 0.25) is 0 Å². The zero-order chi connectivity index (χ0) is 17.0. The van der Waals surface area contributed by atoms with Gasteiger partial charge in [-0.2, -0.15) is 0 Å². The van der Waals surface area contributed by atoms with Gasteiger partial charge < -0.3 is 15.0 Å². The van der Waals surface area contributed by atoms with Gasteiger partial charge in [-0.05, 0) is 39.8 Å². The Morgan fingerprint density at radius 3 is 2.74 bits per heavy atom. The molecule has 1 amide bonds. The molecule has 2 rings (SSSR count). The summed E-state index contributed by atoms with van der Waals surface area (Å²) in [5.74, 6) is 0. The Bertz CT molecular complexity index is 630. The monoisotopic (exact) mass is 335 g/mol. The lowest BCUT2D eigenvalue weighted by atomic mass is 10.2. The van der Waals surface area contributed by atoms with Crippen LogP contribution in [-0.4, -0.2) is 41.7 Å². The number of carbonyl (C=O) groups is 1. The van der Waals surface area contributed by atoms with E-state index >= 15 is 0 Å². The van der Waals surface area contributed by atoms with Crippen molar-refractivity contribution in [1.29, 1.82) is 0 Å². The highest BCUT2D eigenvalue weighted by Crippen LogP contribution is 2.25. The van der Waals surface area contributed by atoms with Gasteiger partial charge in [0.25, 0.3) is 0 Å². The molecule has 0 aliphatic carbocycles. The molecule has 0 aliphatic heterocycles. The van der Waals surface area contributed by atoms with Gasteiger partial charge in [-0.15, -0.1) is 11.3 Å². The number of ether oxygens (including phenoxy) is 1. The highest BCUT2D eigenvalue weighted by Gasteiger charge is 2.19. The molecule has 126 valence electrons. The fourth-order valence-electron chi connectivity index (χ4n) is 2.04. The van der Waals surface area contributed by atoms with Gasteiger partial charge in [-0.25, -0.2) is 9.78 Å². The first-order valence-corrected chi connectivity index (χ1v) is 8.61. The number of thiazole rings is 1. The first kappa shape index (κ1) is 17.7. The van der Waals surface area contributed by atoms with Crippen LogP contribution in [0.2, 0.25) is 0 Å². The lowest BCUT2D eigenvalue weighted by molar-refractivity contribution is 0.0299. The number of carbonyl (C=O) groups excluding carboxylic acids is 1. The minimum atomic E-state index is -0.465. The number of hydrogen-bond donors (Lipinski definition) is 1. The van der Waals surface area contributed by atoms with Crippen molar-refractivity contribution < 1.29 is 9.53 Å². The predicted molar refractivity (Wildman–Crippen MR) is 94.9 cm³/mol. The smallest absolute Gasteiger partial charge is 0.410 e. The number of likely N-dealkylation sites (N-methyl/N-ethyl adjacent to an activating group) is 1. The summed E-state index contributed by atoms with van der Waals surface area (Å²) in [5.41, 5.74) is 0.569. The van der Waals surface area contributed by atoms with Crippen molar-refractivity contribution in [1.82, 2.24) is 15.2 Å². The summed E-state index contributed by atoms with van der Waals surface area (Å²) < 4.78 is 6.53. The quantitative estimate of drug-likeness (QED) is 0.902. The third-order valence-electron chi connectivity index (χ3n) is 3.28. The number of rotatable bonds is 5. The SMILES string of the molecule is CC(NCCN(C)C(=O)OC(C)(C)C)c1nc2ccccc2s1. The van der Waals surface area contributed by atoms with E-state index in [1.54, 1.807) is 23.3 Å². The molecule has 5 nitrogen and oxygen atoms in total. The van der Waals surface area contributed by atoms with Crippen LogP contribution < -0.4 is 5.32 Å². The molecule has 1 N–H and O–H groups in total. The molecule has 0 aliphatic rings. The number of fused-ring (bicyclic) bond motifs is 1. The van der Waals surface area contributed by atoms with Gasteiger partial charge in [0.05, 0.1) is 16.3 Å². The summed E-state index contributed by atoms with van der Waals surface area (Å²) in [6.07, 6.45) is -0.299. The minimum absolute atomic E-state index is 0.152. The third-order valence-corrected chi connectivity index (χ3v) is 4.50.